The third kappa shape index (κ3) is 6.42. The molecule has 6 heteroatoms. The molecule has 0 radical (unpaired) electrons. The Labute approximate surface area is 174 Å². The Balaban J connectivity index is 0.000000500. The Morgan fingerprint density at radius 2 is 1.89 bits per heavy atom. The van der Waals surface area contributed by atoms with Crippen molar-refractivity contribution in [2.24, 2.45) is 5.92 Å². The van der Waals surface area contributed by atoms with Gasteiger partial charge in [-0.3, -0.25) is 0 Å². The van der Waals surface area contributed by atoms with Crippen molar-refractivity contribution in [2.45, 2.75) is 52.5 Å². The lowest BCUT2D eigenvalue weighted by Gasteiger charge is -2.25. The molecule has 1 saturated heterocycles. The van der Waals surface area contributed by atoms with Crippen molar-refractivity contribution in [3.8, 4) is 0 Å². The average Bonchev–Trinajstić information content (AvgIpc) is 3.18. The number of para-hydroxylation sites is 2. The molecule has 0 amide bonds. The number of aromatic nitrogens is 2. The zero-order valence-electron chi connectivity index (χ0n) is 17.6. The number of rotatable bonds is 7. The standard InChI is InChI=1S/C18H25ClN4.C4H8O/c1-3-4-7-11-22(2)14-10-12-23(13-14)18-17(19)20-15-8-5-6-9-16(15)21-18;1-4(2)3-5/h5-6,8-9,14H,3-4,7,10-13H2,1-2H3;3-4H,1-2H3. The summed E-state index contributed by atoms with van der Waals surface area (Å²) in [6, 6.07) is 8.47. The van der Waals surface area contributed by atoms with Gasteiger partial charge < -0.3 is 14.6 Å². The number of halogens is 1. The highest BCUT2D eigenvalue weighted by atomic mass is 35.5. The molecule has 1 atom stereocenters. The van der Waals surface area contributed by atoms with E-state index in [1.165, 1.54) is 25.8 Å². The molecular formula is C22H33ClN4O. The second kappa shape index (κ2) is 11.3. The molecule has 1 aromatic carbocycles. The minimum absolute atomic E-state index is 0.204. The van der Waals surface area contributed by atoms with Crippen LogP contribution in [0.25, 0.3) is 11.0 Å². The summed E-state index contributed by atoms with van der Waals surface area (Å²) in [7, 11) is 2.23. The SMILES string of the molecule is CC(C)C=O.CCCCCN(C)C1CCN(c2nc3ccccc3nc2Cl)C1. The highest BCUT2D eigenvalue weighted by molar-refractivity contribution is 6.32. The largest absolute Gasteiger partial charge is 0.352 e. The van der Waals surface area contributed by atoms with Gasteiger partial charge in [-0.2, -0.15) is 0 Å². The summed E-state index contributed by atoms with van der Waals surface area (Å²) >= 11 is 6.38. The molecule has 2 aromatic rings. The lowest BCUT2D eigenvalue weighted by molar-refractivity contribution is -0.110. The maximum atomic E-state index is 9.50. The number of carbonyl (C=O) groups is 1. The molecule has 1 aliphatic heterocycles. The van der Waals surface area contributed by atoms with Gasteiger partial charge in [-0.15, -0.1) is 0 Å². The molecule has 154 valence electrons. The molecule has 3 rings (SSSR count). The number of nitrogens with zero attached hydrogens (tertiary/aromatic N) is 4. The summed E-state index contributed by atoms with van der Waals surface area (Å²) in [6.45, 7) is 9.10. The van der Waals surface area contributed by atoms with E-state index in [9.17, 15) is 4.79 Å². The van der Waals surface area contributed by atoms with Crippen LogP contribution in [0.3, 0.4) is 0 Å². The second-order valence-electron chi connectivity index (χ2n) is 7.78. The van der Waals surface area contributed by atoms with Gasteiger partial charge in [0.15, 0.2) is 11.0 Å². The fraction of sp³-hybridized carbons (Fsp3) is 0.591. The van der Waals surface area contributed by atoms with Gasteiger partial charge >= 0.3 is 0 Å². The zero-order chi connectivity index (χ0) is 20.5. The number of likely N-dealkylation sites (N-methyl/N-ethyl adjacent to an activating group) is 1. The zero-order valence-corrected chi connectivity index (χ0v) is 18.3. The van der Waals surface area contributed by atoms with E-state index in [1.54, 1.807) is 0 Å². The first kappa shape index (κ1) is 22.6. The Kier molecular flexibility index (Phi) is 9.13. The normalized spacial score (nSPS) is 16.5. The lowest BCUT2D eigenvalue weighted by atomic mass is 10.2. The maximum absolute atomic E-state index is 9.50. The number of unbranched alkanes of at least 4 members (excludes halogenated alkanes) is 2. The molecule has 1 aromatic heterocycles. The van der Waals surface area contributed by atoms with Crippen LogP contribution in [0.15, 0.2) is 24.3 Å². The number of hydrogen-bond donors (Lipinski definition) is 0. The fourth-order valence-electron chi connectivity index (χ4n) is 3.26. The quantitative estimate of drug-likeness (QED) is 0.488. The van der Waals surface area contributed by atoms with Crippen LogP contribution in [-0.2, 0) is 4.79 Å². The molecule has 5 nitrogen and oxygen atoms in total. The van der Waals surface area contributed by atoms with Crippen LogP contribution in [0, 0.1) is 5.92 Å². The minimum Gasteiger partial charge on any atom is -0.352 e. The highest BCUT2D eigenvalue weighted by Gasteiger charge is 2.28. The van der Waals surface area contributed by atoms with Gasteiger partial charge in [-0.1, -0.05) is 57.3 Å². The van der Waals surface area contributed by atoms with Crippen LogP contribution >= 0.6 is 11.6 Å². The Hall–Kier alpha value is -1.72. The van der Waals surface area contributed by atoms with Gasteiger partial charge in [0.05, 0.1) is 11.0 Å². The van der Waals surface area contributed by atoms with Gasteiger partial charge in [0, 0.05) is 25.0 Å². The van der Waals surface area contributed by atoms with Crippen LogP contribution < -0.4 is 4.90 Å². The number of anilines is 1. The van der Waals surface area contributed by atoms with Crippen LogP contribution in [-0.4, -0.2) is 53.9 Å². The molecule has 2 heterocycles. The van der Waals surface area contributed by atoms with Gasteiger partial charge in [0.1, 0.15) is 6.29 Å². The van der Waals surface area contributed by atoms with E-state index >= 15 is 0 Å². The van der Waals surface area contributed by atoms with Crippen molar-refractivity contribution >= 4 is 34.7 Å². The minimum atomic E-state index is 0.204. The number of carbonyl (C=O) groups excluding carboxylic acids is 1. The van der Waals surface area contributed by atoms with Crippen molar-refractivity contribution in [3.63, 3.8) is 0 Å². The maximum Gasteiger partial charge on any atom is 0.172 e. The predicted molar refractivity (Wildman–Crippen MR) is 118 cm³/mol. The first-order valence-electron chi connectivity index (χ1n) is 10.3. The number of hydrogen-bond acceptors (Lipinski definition) is 5. The van der Waals surface area contributed by atoms with Crippen molar-refractivity contribution in [3.05, 3.63) is 29.4 Å². The molecule has 0 spiro atoms. The Bertz CT molecular complexity index is 752. The van der Waals surface area contributed by atoms with Crippen LogP contribution in [0.4, 0.5) is 5.82 Å². The first-order chi connectivity index (χ1) is 13.5. The predicted octanol–water partition coefficient (Wildman–Crippen LogP) is 4.83. The first-order valence-corrected chi connectivity index (χ1v) is 10.7. The van der Waals surface area contributed by atoms with Gasteiger partial charge in [-0.25, -0.2) is 9.97 Å². The molecule has 0 bridgehead atoms. The molecule has 1 unspecified atom stereocenters. The summed E-state index contributed by atoms with van der Waals surface area (Å²) in [6.07, 6.45) is 5.93. The number of fused-ring (bicyclic) bond motifs is 1. The summed E-state index contributed by atoms with van der Waals surface area (Å²) in [4.78, 5) is 23.5. The van der Waals surface area contributed by atoms with Gasteiger partial charge in [0.2, 0.25) is 0 Å². The summed E-state index contributed by atoms with van der Waals surface area (Å²) in [5.41, 5.74) is 1.76. The van der Waals surface area contributed by atoms with Crippen molar-refractivity contribution in [1.29, 1.82) is 0 Å². The van der Waals surface area contributed by atoms with E-state index in [1.807, 2.05) is 38.1 Å². The van der Waals surface area contributed by atoms with Crippen molar-refractivity contribution in [2.75, 3.05) is 31.6 Å². The molecule has 1 aliphatic rings. The Morgan fingerprint density at radius 3 is 2.50 bits per heavy atom. The van der Waals surface area contributed by atoms with E-state index in [0.29, 0.717) is 11.2 Å². The lowest BCUT2D eigenvalue weighted by Crippen LogP contribution is -2.35. The smallest absolute Gasteiger partial charge is 0.172 e. The fourth-order valence-corrected chi connectivity index (χ4v) is 3.51. The third-order valence-electron chi connectivity index (χ3n) is 4.98. The highest BCUT2D eigenvalue weighted by Crippen LogP contribution is 2.28. The van der Waals surface area contributed by atoms with E-state index in [-0.39, 0.29) is 5.92 Å². The topological polar surface area (TPSA) is 49.3 Å². The second-order valence-corrected chi connectivity index (χ2v) is 8.14. The average molecular weight is 405 g/mol. The Morgan fingerprint density at radius 1 is 1.25 bits per heavy atom. The molecule has 0 aliphatic carbocycles. The summed E-state index contributed by atoms with van der Waals surface area (Å²) < 4.78 is 0. The van der Waals surface area contributed by atoms with Crippen LogP contribution in [0.5, 0.6) is 0 Å². The molecule has 0 N–H and O–H groups in total. The van der Waals surface area contributed by atoms with Crippen molar-refractivity contribution in [1.82, 2.24) is 14.9 Å². The summed E-state index contributed by atoms with van der Waals surface area (Å²) in [5.74, 6) is 1.03. The summed E-state index contributed by atoms with van der Waals surface area (Å²) in [5, 5.41) is 0.512. The van der Waals surface area contributed by atoms with E-state index in [2.05, 4.69) is 28.8 Å². The molecule has 0 saturated carbocycles. The number of aldehydes is 1. The van der Waals surface area contributed by atoms with E-state index in [0.717, 1.165) is 42.6 Å². The monoisotopic (exact) mass is 404 g/mol. The third-order valence-corrected chi connectivity index (χ3v) is 5.24. The van der Waals surface area contributed by atoms with Crippen LogP contribution in [0.2, 0.25) is 5.15 Å². The van der Waals surface area contributed by atoms with Gasteiger partial charge in [-0.05, 0) is 38.6 Å². The molecule has 28 heavy (non-hydrogen) atoms. The molecule has 1 fully saturated rings. The van der Waals surface area contributed by atoms with Crippen molar-refractivity contribution < 1.29 is 4.79 Å². The number of benzene rings is 1. The van der Waals surface area contributed by atoms with Crippen LogP contribution in [0.1, 0.15) is 46.5 Å². The van der Waals surface area contributed by atoms with E-state index < -0.39 is 0 Å². The molecular weight excluding hydrogens is 372 g/mol. The van der Waals surface area contributed by atoms with Gasteiger partial charge in [0.25, 0.3) is 0 Å². The van der Waals surface area contributed by atoms with E-state index in [4.69, 9.17) is 16.6 Å².